The molecule has 0 unspecified atom stereocenters. The van der Waals surface area contributed by atoms with Crippen LogP contribution in [0.15, 0.2) is 24.5 Å². The van der Waals surface area contributed by atoms with E-state index in [1.807, 2.05) is 20.2 Å². The number of amides is 1. The predicted octanol–water partition coefficient (Wildman–Crippen LogP) is 0.890. The first-order valence-corrected chi connectivity index (χ1v) is 6.10. The van der Waals surface area contributed by atoms with Crippen molar-refractivity contribution in [2.75, 3.05) is 5.73 Å². The average Bonchev–Trinajstić information content (AvgIpc) is 2.81. The maximum Gasteiger partial charge on any atom is 0.251 e. The molecule has 1 amide bonds. The highest BCUT2D eigenvalue weighted by atomic mass is 16.1. The third kappa shape index (κ3) is 3.31. The van der Waals surface area contributed by atoms with Gasteiger partial charge in [0.05, 0.1) is 6.20 Å². The molecule has 0 aliphatic rings. The van der Waals surface area contributed by atoms with Gasteiger partial charge in [0.15, 0.2) is 0 Å². The molecular formula is C13H17N5O. The van der Waals surface area contributed by atoms with E-state index in [0.29, 0.717) is 17.9 Å². The number of aryl methyl sites for hydroxylation is 2. The smallest absolute Gasteiger partial charge is 0.251 e. The lowest BCUT2D eigenvalue weighted by molar-refractivity contribution is 0.0950. The van der Waals surface area contributed by atoms with Crippen LogP contribution in [0.1, 0.15) is 28.5 Å². The summed E-state index contributed by atoms with van der Waals surface area (Å²) in [5.74, 6) is 0.207. The van der Waals surface area contributed by atoms with Gasteiger partial charge in [-0.2, -0.15) is 5.10 Å². The van der Waals surface area contributed by atoms with Gasteiger partial charge in [-0.05, 0) is 18.6 Å². The monoisotopic (exact) mass is 259 g/mol. The van der Waals surface area contributed by atoms with Crippen LogP contribution in [0.5, 0.6) is 0 Å². The second-order valence-electron chi connectivity index (χ2n) is 4.33. The number of aromatic nitrogens is 3. The van der Waals surface area contributed by atoms with Gasteiger partial charge in [-0.1, -0.05) is 6.92 Å². The summed E-state index contributed by atoms with van der Waals surface area (Å²) >= 11 is 0. The van der Waals surface area contributed by atoms with Crippen molar-refractivity contribution >= 4 is 11.7 Å². The number of nitrogens with two attached hydrogens (primary N) is 1. The molecule has 0 radical (unpaired) electrons. The Morgan fingerprint density at radius 2 is 2.26 bits per heavy atom. The summed E-state index contributed by atoms with van der Waals surface area (Å²) in [5, 5.41) is 6.88. The second-order valence-corrected chi connectivity index (χ2v) is 4.33. The van der Waals surface area contributed by atoms with Gasteiger partial charge in [-0.3, -0.25) is 9.48 Å². The Hall–Kier alpha value is -2.37. The summed E-state index contributed by atoms with van der Waals surface area (Å²) in [4.78, 5) is 16.2. The fraction of sp³-hybridized carbons (Fsp3) is 0.308. The molecule has 0 aliphatic heterocycles. The molecular weight excluding hydrogens is 242 g/mol. The molecule has 6 nitrogen and oxygen atoms in total. The summed E-state index contributed by atoms with van der Waals surface area (Å²) in [6.07, 6.45) is 4.32. The molecule has 0 saturated heterocycles. The number of nitrogen functional groups attached to an aromatic ring is 1. The third-order valence-corrected chi connectivity index (χ3v) is 2.73. The summed E-state index contributed by atoms with van der Waals surface area (Å²) < 4.78 is 1.70. The molecule has 0 spiro atoms. The maximum atomic E-state index is 12.0. The van der Waals surface area contributed by atoms with Gasteiger partial charge in [0.25, 0.3) is 5.91 Å². The average molecular weight is 259 g/mol. The van der Waals surface area contributed by atoms with Gasteiger partial charge in [0.2, 0.25) is 0 Å². The van der Waals surface area contributed by atoms with Crippen molar-refractivity contribution < 1.29 is 4.79 Å². The number of hydrogen-bond donors (Lipinski definition) is 2. The van der Waals surface area contributed by atoms with Crippen LogP contribution in [0.4, 0.5) is 5.82 Å². The Kier molecular flexibility index (Phi) is 3.79. The summed E-state index contributed by atoms with van der Waals surface area (Å²) in [7, 11) is 1.84. The Balaban J connectivity index is 2.05. The lowest BCUT2D eigenvalue weighted by atomic mass is 10.2. The minimum Gasteiger partial charge on any atom is -0.384 e. The summed E-state index contributed by atoms with van der Waals surface area (Å²) in [6, 6.07) is 3.34. The summed E-state index contributed by atoms with van der Waals surface area (Å²) in [6.45, 7) is 2.41. The number of nitrogens with one attached hydrogen (secondary N) is 1. The number of rotatable bonds is 4. The van der Waals surface area contributed by atoms with Crippen LogP contribution >= 0.6 is 0 Å². The largest absolute Gasteiger partial charge is 0.384 e. The lowest BCUT2D eigenvalue weighted by Gasteiger charge is -2.06. The molecule has 2 rings (SSSR count). The SMILES string of the molecule is CCc1cc(C(=O)NCc2cnn(C)c2)cc(N)n1. The molecule has 0 atom stereocenters. The lowest BCUT2D eigenvalue weighted by Crippen LogP contribution is -2.23. The number of hydrogen-bond acceptors (Lipinski definition) is 4. The molecule has 100 valence electrons. The van der Waals surface area contributed by atoms with Gasteiger partial charge in [-0.15, -0.1) is 0 Å². The van der Waals surface area contributed by atoms with E-state index in [1.54, 1.807) is 23.0 Å². The van der Waals surface area contributed by atoms with Crippen LogP contribution in [-0.4, -0.2) is 20.7 Å². The quantitative estimate of drug-likeness (QED) is 0.853. The van der Waals surface area contributed by atoms with E-state index in [4.69, 9.17) is 5.73 Å². The first kappa shape index (κ1) is 13.1. The van der Waals surface area contributed by atoms with E-state index >= 15 is 0 Å². The molecule has 0 saturated carbocycles. The zero-order valence-corrected chi connectivity index (χ0v) is 11.1. The number of nitrogens with zero attached hydrogens (tertiary/aromatic N) is 3. The third-order valence-electron chi connectivity index (χ3n) is 2.73. The fourth-order valence-corrected chi connectivity index (χ4v) is 1.77. The van der Waals surface area contributed by atoms with Crippen LogP contribution in [0.25, 0.3) is 0 Å². The Labute approximate surface area is 111 Å². The van der Waals surface area contributed by atoms with Gasteiger partial charge in [-0.25, -0.2) is 4.98 Å². The number of carbonyl (C=O) groups excluding carboxylic acids is 1. The van der Waals surface area contributed by atoms with E-state index in [-0.39, 0.29) is 5.91 Å². The first-order valence-electron chi connectivity index (χ1n) is 6.10. The van der Waals surface area contributed by atoms with Gasteiger partial charge in [0.1, 0.15) is 5.82 Å². The van der Waals surface area contributed by atoms with Crippen LogP contribution in [0.3, 0.4) is 0 Å². The van der Waals surface area contributed by atoms with Crippen molar-refractivity contribution in [1.29, 1.82) is 0 Å². The molecule has 19 heavy (non-hydrogen) atoms. The maximum absolute atomic E-state index is 12.0. The molecule has 6 heteroatoms. The molecule has 0 aliphatic carbocycles. The fourth-order valence-electron chi connectivity index (χ4n) is 1.77. The highest BCUT2D eigenvalue weighted by molar-refractivity contribution is 5.94. The molecule has 0 aromatic carbocycles. The zero-order chi connectivity index (χ0) is 13.8. The summed E-state index contributed by atoms with van der Waals surface area (Å²) in [5.41, 5.74) is 7.98. The van der Waals surface area contributed by atoms with Crippen molar-refractivity contribution in [2.45, 2.75) is 19.9 Å². The highest BCUT2D eigenvalue weighted by Crippen LogP contribution is 2.08. The molecule has 3 N–H and O–H groups in total. The normalized spacial score (nSPS) is 10.4. The molecule has 2 heterocycles. The molecule has 2 aromatic heterocycles. The van der Waals surface area contributed by atoms with Gasteiger partial charge < -0.3 is 11.1 Å². The van der Waals surface area contributed by atoms with E-state index in [0.717, 1.165) is 17.7 Å². The Bertz CT molecular complexity index is 590. The van der Waals surface area contributed by atoms with Crippen LogP contribution in [0, 0.1) is 0 Å². The van der Waals surface area contributed by atoms with Crippen molar-refractivity contribution in [2.24, 2.45) is 7.05 Å². The van der Waals surface area contributed by atoms with E-state index < -0.39 is 0 Å². The zero-order valence-electron chi connectivity index (χ0n) is 11.1. The van der Waals surface area contributed by atoms with Crippen LogP contribution in [0.2, 0.25) is 0 Å². The Morgan fingerprint density at radius 3 is 2.89 bits per heavy atom. The van der Waals surface area contributed by atoms with Gasteiger partial charge in [0, 0.05) is 36.6 Å². The second kappa shape index (κ2) is 5.51. The van der Waals surface area contributed by atoms with Crippen molar-refractivity contribution in [1.82, 2.24) is 20.1 Å². The van der Waals surface area contributed by atoms with Crippen molar-refractivity contribution in [3.8, 4) is 0 Å². The Morgan fingerprint density at radius 1 is 1.47 bits per heavy atom. The van der Waals surface area contributed by atoms with E-state index in [1.165, 1.54) is 0 Å². The van der Waals surface area contributed by atoms with Crippen LogP contribution in [-0.2, 0) is 20.0 Å². The van der Waals surface area contributed by atoms with Crippen molar-refractivity contribution in [3.05, 3.63) is 41.3 Å². The number of anilines is 1. The molecule has 2 aromatic rings. The van der Waals surface area contributed by atoms with Crippen molar-refractivity contribution in [3.63, 3.8) is 0 Å². The first-order chi connectivity index (χ1) is 9.08. The standard InChI is InChI=1S/C13H17N5O/c1-3-11-4-10(5-12(14)17-11)13(19)15-6-9-7-16-18(2)8-9/h4-5,7-8H,3,6H2,1-2H3,(H2,14,17)(H,15,19). The molecule has 0 bridgehead atoms. The minimum absolute atomic E-state index is 0.160. The molecule has 0 fully saturated rings. The van der Waals surface area contributed by atoms with E-state index in [9.17, 15) is 4.79 Å². The van der Waals surface area contributed by atoms with Gasteiger partial charge >= 0.3 is 0 Å². The van der Waals surface area contributed by atoms with Crippen LogP contribution < -0.4 is 11.1 Å². The topological polar surface area (TPSA) is 85.8 Å². The number of carbonyl (C=O) groups is 1. The predicted molar refractivity (Wildman–Crippen MR) is 72.4 cm³/mol. The highest BCUT2D eigenvalue weighted by Gasteiger charge is 2.08. The number of pyridine rings is 1. The van der Waals surface area contributed by atoms with E-state index in [2.05, 4.69) is 15.4 Å². The minimum atomic E-state index is -0.160.